The molecule has 3 aromatic carbocycles. The van der Waals surface area contributed by atoms with Crippen molar-refractivity contribution in [2.45, 2.75) is 16.7 Å². The van der Waals surface area contributed by atoms with Crippen LogP contribution in [0.5, 0.6) is 5.75 Å². The van der Waals surface area contributed by atoms with Gasteiger partial charge in [0.25, 0.3) is 15.9 Å². The Bertz CT molecular complexity index is 1180. The van der Waals surface area contributed by atoms with E-state index in [0.29, 0.717) is 22.7 Å². The lowest BCUT2D eigenvalue weighted by Crippen LogP contribution is -2.26. The Balaban J connectivity index is 1.78. The summed E-state index contributed by atoms with van der Waals surface area (Å²) >= 11 is 1.55. The molecule has 0 atom stereocenters. The van der Waals surface area contributed by atoms with Crippen molar-refractivity contribution in [1.82, 2.24) is 0 Å². The molecule has 8 heteroatoms. The second-order valence-corrected chi connectivity index (χ2v) is 9.70. The summed E-state index contributed by atoms with van der Waals surface area (Å²) in [5.74, 6) is 0.252. The standard InChI is InChI=1S/C23H24N2O4S2/c1-16-5-14-22(29-3)21(15-16)24-23(26)17-6-8-18(9-7-17)25(2)31(27,28)20-12-10-19(30-4)11-13-20/h5-15H,1-4H3,(H,24,26). The average molecular weight is 457 g/mol. The summed E-state index contributed by atoms with van der Waals surface area (Å²) in [7, 11) is -0.673. The molecule has 0 spiro atoms. The number of amides is 1. The van der Waals surface area contributed by atoms with E-state index >= 15 is 0 Å². The van der Waals surface area contributed by atoms with Crippen molar-refractivity contribution in [1.29, 1.82) is 0 Å². The molecule has 0 aliphatic rings. The van der Waals surface area contributed by atoms with Gasteiger partial charge in [0.2, 0.25) is 0 Å². The van der Waals surface area contributed by atoms with Crippen LogP contribution in [0.1, 0.15) is 15.9 Å². The smallest absolute Gasteiger partial charge is 0.264 e. The zero-order valence-corrected chi connectivity index (χ0v) is 19.4. The van der Waals surface area contributed by atoms with Gasteiger partial charge in [-0.05, 0) is 79.4 Å². The van der Waals surface area contributed by atoms with Crippen LogP contribution in [0.15, 0.2) is 76.5 Å². The second-order valence-electron chi connectivity index (χ2n) is 6.85. The molecule has 0 fully saturated rings. The second kappa shape index (κ2) is 9.45. The van der Waals surface area contributed by atoms with Gasteiger partial charge in [-0.3, -0.25) is 9.10 Å². The Morgan fingerprint density at radius 3 is 2.23 bits per heavy atom. The van der Waals surface area contributed by atoms with Crippen LogP contribution in [0.3, 0.4) is 0 Å². The molecule has 6 nitrogen and oxygen atoms in total. The Kier molecular flexibility index (Phi) is 6.92. The van der Waals surface area contributed by atoms with Crippen molar-refractivity contribution in [3.05, 3.63) is 77.9 Å². The van der Waals surface area contributed by atoms with Crippen molar-refractivity contribution in [2.24, 2.45) is 0 Å². The van der Waals surface area contributed by atoms with E-state index in [1.54, 1.807) is 73.5 Å². The monoisotopic (exact) mass is 456 g/mol. The van der Waals surface area contributed by atoms with Gasteiger partial charge in [-0.2, -0.15) is 0 Å². The lowest BCUT2D eigenvalue weighted by atomic mass is 10.1. The van der Waals surface area contributed by atoms with Crippen molar-refractivity contribution in [3.63, 3.8) is 0 Å². The van der Waals surface area contributed by atoms with E-state index in [0.717, 1.165) is 10.5 Å². The van der Waals surface area contributed by atoms with E-state index in [-0.39, 0.29) is 10.8 Å². The number of ether oxygens (including phenoxy) is 1. The first kappa shape index (κ1) is 22.7. The minimum Gasteiger partial charge on any atom is -0.495 e. The number of rotatable bonds is 7. The largest absolute Gasteiger partial charge is 0.495 e. The summed E-state index contributed by atoms with van der Waals surface area (Å²) in [6.45, 7) is 1.93. The SMILES string of the molecule is COc1ccc(C)cc1NC(=O)c1ccc(N(C)S(=O)(=O)c2ccc(SC)cc2)cc1. The molecule has 31 heavy (non-hydrogen) atoms. The molecular formula is C23H24N2O4S2. The first-order valence-corrected chi connectivity index (χ1v) is 12.1. The molecule has 0 heterocycles. The van der Waals surface area contributed by atoms with Crippen LogP contribution in [0.4, 0.5) is 11.4 Å². The van der Waals surface area contributed by atoms with Gasteiger partial charge >= 0.3 is 0 Å². The Morgan fingerprint density at radius 1 is 1.00 bits per heavy atom. The van der Waals surface area contributed by atoms with Gasteiger partial charge < -0.3 is 10.1 Å². The fraction of sp³-hybridized carbons (Fsp3) is 0.174. The summed E-state index contributed by atoms with van der Waals surface area (Å²) in [5.41, 5.74) is 2.43. The number of thioether (sulfide) groups is 1. The van der Waals surface area contributed by atoms with E-state index in [9.17, 15) is 13.2 Å². The summed E-state index contributed by atoms with van der Waals surface area (Å²) in [6.07, 6.45) is 1.93. The van der Waals surface area contributed by atoms with Crippen LogP contribution in [-0.4, -0.2) is 34.7 Å². The molecule has 0 radical (unpaired) electrons. The fourth-order valence-corrected chi connectivity index (χ4v) is 4.59. The number of hydrogen-bond acceptors (Lipinski definition) is 5. The van der Waals surface area contributed by atoms with Crippen LogP contribution in [0, 0.1) is 6.92 Å². The number of carbonyl (C=O) groups excluding carboxylic acids is 1. The topological polar surface area (TPSA) is 75.7 Å². The first-order valence-electron chi connectivity index (χ1n) is 9.45. The highest BCUT2D eigenvalue weighted by Crippen LogP contribution is 2.27. The minimum absolute atomic E-state index is 0.209. The van der Waals surface area contributed by atoms with E-state index in [1.165, 1.54) is 11.4 Å². The molecule has 162 valence electrons. The summed E-state index contributed by atoms with van der Waals surface area (Å²) in [4.78, 5) is 13.9. The maximum Gasteiger partial charge on any atom is 0.264 e. The molecule has 0 saturated heterocycles. The highest BCUT2D eigenvalue weighted by Gasteiger charge is 2.21. The first-order chi connectivity index (χ1) is 14.8. The Labute approximate surface area is 187 Å². The third kappa shape index (κ3) is 5.03. The van der Waals surface area contributed by atoms with E-state index in [4.69, 9.17) is 4.74 Å². The van der Waals surface area contributed by atoms with E-state index < -0.39 is 10.0 Å². The van der Waals surface area contributed by atoms with E-state index in [2.05, 4.69) is 5.32 Å². The molecule has 0 aromatic heterocycles. The predicted octanol–water partition coefficient (Wildman–Crippen LogP) is 4.80. The normalized spacial score (nSPS) is 11.1. The van der Waals surface area contributed by atoms with Gasteiger partial charge in [0.15, 0.2) is 0 Å². The van der Waals surface area contributed by atoms with Gasteiger partial charge in [0, 0.05) is 17.5 Å². The van der Waals surface area contributed by atoms with Crippen molar-refractivity contribution in [3.8, 4) is 5.75 Å². The molecule has 0 aliphatic heterocycles. The quantitative estimate of drug-likeness (QED) is 0.517. The van der Waals surface area contributed by atoms with Crippen LogP contribution in [0.25, 0.3) is 0 Å². The van der Waals surface area contributed by atoms with Gasteiger partial charge in [-0.25, -0.2) is 8.42 Å². The maximum absolute atomic E-state index is 12.9. The van der Waals surface area contributed by atoms with Gasteiger partial charge in [0.05, 0.1) is 23.4 Å². The minimum atomic E-state index is -3.71. The summed E-state index contributed by atoms with van der Waals surface area (Å²) in [5, 5.41) is 2.84. The van der Waals surface area contributed by atoms with Gasteiger partial charge in [0.1, 0.15) is 5.75 Å². The van der Waals surface area contributed by atoms with Crippen LogP contribution in [-0.2, 0) is 10.0 Å². The van der Waals surface area contributed by atoms with Crippen molar-refractivity contribution in [2.75, 3.05) is 30.0 Å². The summed E-state index contributed by atoms with van der Waals surface area (Å²) < 4.78 is 32.3. The van der Waals surface area contributed by atoms with E-state index in [1.807, 2.05) is 25.3 Å². The molecule has 3 rings (SSSR count). The van der Waals surface area contributed by atoms with Crippen LogP contribution < -0.4 is 14.4 Å². The molecule has 0 unspecified atom stereocenters. The van der Waals surface area contributed by atoms with Crippen LogP contribution in [0.2, 0.25) is 0 Å². The molecule has 0 aliphatic carbocycles. The molecule has 0 saturated carbocycles. The third-order valence-electron chi connectivity index (χ3n) is 4.81. The number of sulfonamides is 1. The lowest BCUT2D eigenvalue weighted by molar-refractivity contribution is 0.102. The maximum atomic E-state index is 12.9. The number of methoxy groups -OCH3 is 1. The Hall–Kier alpha value is -2.97. The number of nitrogens with zero attached hydrogens (tertiary/aromatic N) is 1. The zero-order chi connectivity index (χ0) is 22.6. The number of aryl methyl sites for hydroxylation is 1. The van der Waals surface area contributed by atoms with Crippen LogP contribution >= 0.6 is 11.8 Å². The predicted molar refractivity (Wildman–Crippen MR) is 126 cm³/mol. The zero-order valence-electron chi connectivity index (χ0n) is 17.7. The number of hydrogen-bond donors (Lipinski definition) is 1. The molecule has 1 N–H and O–H groups in total. The molecule has 1 amide bonds. The van der Waals surface area contributed by atoms with Crippen molar-refractivity contribution >= 4 is 39.1 Å². The number of carbonyl (C=O) groups is 1. The number of nitrogens with one attached hydrogen (secondary N) is 1. The highest BCUT2D eigenvalue weighted by molar-refractivity contribution is 7.98. The third-order valence-corrected chi connectivity index (χ3v) is 7.36. The molecule has 0 bridgehead atoms. The highest BCUT2D eigenvalue weighted by atomic mass is 32.2. The van der Waals surface area contributed by atoms with Gasteiger partial charge in [-0.15, -0.1) is 11.8 Å². The molecule has 3 aromatic rings. The average Bonchev–Trinajstić information content (AvgIpc) is 2.78. The number of benzene rings is 3. The fourth-order valence-electron chi connectivity index (χ4n) is 2.98. The lowest BCUT2D eigenvalue weighted by Gasteiger charge is -2.20. The molecular weight excluding hydrogens is 432 g/mol. The number of anilines is 2. The van der Waals surface area contributed by atoms with Gasteiger partial charge in [-0.1, -0.05) is 6.07 Å². The van der Waals surface area contributed by atoms with Crippen molar-refractivity contribution < 1.29 is 17.9 Å². The Morgan fingerprint density at radius 2 is 1.65 bits per heavy atom. The summed E-state index contributed by atoms with van der Waals surface area (Å²) in [6, 6.07) is 18.7.